The topological polar surface area (TPSA) is 52.3 Å². The van der Waals surface area contributed by atoms with Gasteiger partial charge >= 0.3 is 5.97 Å². The zero-order valence-electron chi connectivity index (χ0n) is 10.1. The Bertz CT molecular complexity index is 463. The maximum atomic E-state index is 11.9. The molecule has 90 valence electrons. The lowest BCUT2D eigenvalue weighted by Crippen LogP contribution is -2.50. The van der Waals surface area contributed by atoms with Gasteiger partial charge in [-0.3, -0.25) is 4.79 Å². The molecular formula is C14H17NO2. The van der Waals surface area contributed by atoms with Crippen LogP contribution in [0.4, 0.5) is 0 Å². The molecule has 3 nitrogen and oxygen atoms in total. The van der Waals surface area contributed by atoms with E-state index in [1.807, 2.05) is 36.4 Å². The highest BCUT2D eigenvalue weighted by Gasteiger charge is 2.40. The summed E-state index contributed by atoms with van der Waals surface area (Å²) in [6.07, 6.45) is 3.98. The molecule has 0 spiro atoms. The normalized spacial score (nSPS) is 20.8. The number of rotatable bonds is 3. The van der Waals surface area contributed by atoms with Crippen molar-refractivity contribution < 1.29 is 9.53 Å². The molecule has 2 rings (SSSR count). The van der Waals surface area contributed by atoms with Crippen LogP contribution in [0.15, 0.2) is 30.3 Å². The molecule has 1 aromatic rings. The second kappa shape index (κ2) is 4.34. The first-order valence-corrected chi connectivity index (χ1v) is 5.80. The summed E-state index contributed by atoms with van der Waals surface area (Å²) in [7, 11) is 0. The highest BCUT2D eigenvalue weighted by molar-refractivity contribution is 5.84. The highest BCUT2D eigenvalue weighted by atomic mass is 16.5. The van der Waals surface area contributed by atoms with Crippen molar-refractivity contribution in [1.82, 2.24) is 0 Å². The van der Waals surface area contributed by atoms with Gasteiger partial charge in [0.05, 0.1) is 6.61 Å². The minimum absolute atomic E-state index is 0.113. The van der Waals surface area contributed by atoms with Crippen LogP contribution < -0.4 is 5.73 Å². The minimum atomic E-state index is -1.01. The molecule has 0 amide bonds. The van der Waals surface area contributed by atoms with Crippen molar-refractivity contribution in [1.29, 1.82) is 0 Å². The van der Waals surface area contributed by atoms with Gasteiger partial charge in [-0.2, -0.15) is 0 Å². The molecule has 2 N–H and O–H groups in total. The maximum Gasteiger partial charge on any atom is 0.326 e. The quantitative estimate of drug-likeness (QED) is 0.810. The number of carbonyl (C=O) groups excluding carboxylic acids is 1. The molecule has 0 fully saturated rings. The zero-order valence-corrected chi connectivity index (χ0v) is 10.1. The lowest BCUT2D eigenvalue weighted by atomic mass is 9.83. The van der Waals surface area contributed by atoms with Gasteiger partial charge in [0.1, 0.15) is 5.54 Å². The van der Waals surface area contributed by atoms with E-state index in [-0.39, 0.29) is 11.9 Å². The van der Waals surface area contributed by atoms with Crippen molar-refractivity contribution in [2.75, 3.05) is 6.61 Å². The summed E-state index contributed by atoms with van der Waals surface area (Å²) in [6.45, 7) is 3.86. The highest BCUT2D eigenvalue weighted by Crippen LogP contribution is 2.36. The molecule has 1 aromatic carbocycles. The van der Waals surface area contributed by atoms with E-state index in [1.54, 1.807) is 13.8 Å². The van der Waals surface area contributed by atoms with E-state index in [1.165, 1.54) is 0 Å². The van der Waals surface area contributed by atoms with Gasteiger partial charge in [-0.15, -0.1) is 0 Å². The van der Waals surface area contributed by atoms with Crippen LogP contribution in [-0.4, -0.2) is 18.1 Å². The fourth-order valence-electron chi connectivity index (χ4n) is 2.19. The summed E-state index contributed by atoms with van der Waals surface area (Å²) in [5.74, 6) is -0.468. The summed E-state index contributed by atoms with van der Waals surface area (Å²) in [4.78, 5) is 11.9. The van der Waals surface area contributed by atoms with Crippen LogP contribution in [0.2, 0.25) is 0 Å². The molecule has 0 radical (unpaired) electrons. The average molecular weight is 231 g/mol. The van der Waals surface area contributed by atoms with Crippen molar-refractivity contribution in [2.24, 2.45) is 5.73 Å². The van der Waals surface area contributed by atoms with Crippen LogP contribution in [0.3, 0.4) is 0 Å². The van der Waals surface area contributed by atoms with E-state index in [0.717, 1.165) is 11.1 Å². The zero-order chi connectivity index (χ0) is 12.5. The molecule has 2 atom stereocenters. The summed E-state index contributed by atoms with van der Waals surface area (Å²) in [6, 6.07) is 7.96. The Morgan fingerprint density at radius 2 is 2.18 bits per heavy atom. The summed E-state index contributed by atoms with van der Waals surface area (Å²) >= 11 is 0. The number of carbonyl (C=O) groups is 1. The number of nitrogens with two attached hydrogens (primary N) is 1. The van der Waals surface area contributed by atoms with E-state index in [4.69, 9.17) is 10.5 Å². The van der Waals surface area contributed by atoms with Crippen LogP contribution in [-0.2, 0) is 9.53 Å². The Morgan fingerprint density at radius 1 is 1.47 bits per heavy atom. The fourth-order valence-corrected chi connectivity index (χ4v) is 2.19. The van der Waals surface area contributed by atoms with Gasteiger partial charge in [0.15, 0.2) is 0 Å². The number of ether oxygens (including phenoxy) is 1. The van der Waals surface area contributed by atoms with Crippen LogP contribution in [0, 0.1) is 0 Å². The SMILES string of the molecule is CCOC(=O)C(C)(N)C1C=Cc2ccccc21. The number of hydrogen-bond donors (Lipinski definition) is 1. The van der Waals surface area contributed by atoms with E-state index in [0.29, 0.717) is 6.61 Å². The number of fused-ring (bicyclic) bond motifs is 1. The number of esters is 1. The van der Waals surface area contributed by atoms with Gasteiger partial charge in [-0.05, 0) is 25.0 Å². The Kier molecular flexibility index (Phi) is 3.03. The third-order valence-electron chi connectivity index (χ3n) is 3.16. The maximum absolute atomic E-state index is 11.9. The Hall–Kier alpha value is -1.61. The van der Waals surface area contributed by atoms with Gasteiger partial charge in [0.25, 0.3) is 0 Å². The minimum Gasteiger partial charge on any atom is -0.465 e. The van der Waals surface area contributed by atoms with Crippen molar-refractivity contribution in [3.05, 3.63) is 41.5 Å². The van der Waals surface area contributed by atoms with E-state index in [2.05, 4.69) is 0 Å². The average Bonchev–Trinajstić information content (AvgIpc) is 2.73. The van der Waals surface area contributed by atoms with Crippen molar-refractivity contribution >= 4 is 12.0 Å². The molecule has 0 heterocycles. The van der Waals surface area contributed by atoms with Crippen molar-refractivity contribution in [3.63, 3.8) is 0 Å². The molecule has 0 saturated carbocycles. The third-order valence-corrected chi connectivity index (χ3v) is 3.16. The van der Waals surface area contributed by atoms with Crippen molar-refractivity contribution in [2.45, 2.75) is 25.3 Å². The molecule has 0 aromatic heterocycles. The summed E-state index contributed by atoms with van der Waals surface area (Å²) in [5, 5.41) is 0. The Labute approximate surface area is 101 Å². The number of hydrogen-bond acceptors (Lipinski definition) is 3. The van der Waals surface area contributed by atoms with Gasteiger partial charge in [-0.25, -0.2) is 0 Å². The molecule has 3 heteroatoms. The predicted octanol–water partition coefficient (Wildman–Crippen LogP) is 2.08. The van der Waals surface area contributed by atoms with Gasteiger partial charge < -0.3 is 10.5 Å². The first kappa shape index (κ1) is 11.9. The summed E-state index contributed by atoms with van der Waals surface area (Å²) < 4.78 is 5.04. The first-order valence-electron chi connectivity index (χ1n) is 5.80. The molecule has 2 unspecified atom stereocenters. The van der Waals surface area contributed by atoms with Gasteiger partial charge in [0.2, 0.25) is 0 Å². The van der Waals surface area contributed by atoms with Gasteiger partial charge in [0, 0.05) is 5.92 Å². The van der Waals surface area contributed by atoms with E-state index >= 15 is 0 Å². The molecule has 1 aliphatic rings. The number of benzene rings is 1. The molecular weight excluding hydrogens is 214 g/mol. The lowest BCUT2D eigenvalue weighted by molar-refractivity contribution is -0.149. The third kappa shape index (κ3) is 1.98. The predicted molar refractivity (Wildman–Crippen MR) is 67.4 cm³/mol. The van der Waals surface area contributed by atoms with E-state index < -0.39 is 5.54 Å². The summed E-state index contributed by atoms with van der Waals surface area (Å²) in [5.41, 5.74) is 7.34. The second-order valence-electron chi connectivity index (χ2n) is 4.47. The van der Waals surface area contributed by atoms with Crippen LogP contribution in [0.1, 0.15) is 30.9 Å². The molecule has 17 heavy (non-hydrogen) atoms. The lowest BCUT2D eigenvalue weighted by Gasteiger charge is -2.28. The van der Waals surface area contributed by atoms with Crippen LogP contribution in [0.25, 0.3) is 6.08 Å². The molecule has 1 aliphatic carbocycles. The largest absolute Gasteiger partial charge is 0.465 e. The van der Waals surface area contributed by atoms with Crippen LogP contribution >= 0.6 is 0 Å². The van der Waals surface area contributed by atoms with Crippen molar-refractivity contribution in [3.8, 4) is 0 Å². The first-order chi connectivity index (χ1) is 8.07. The van der Waals surface area contributed by atoms with Gasteiger partial charge in [-0.1, -0.05) is 36.4 Å². The molecule has 0 bridgehead atoms. The Morgan fingerprint density at radius 3 is 2.88 bits per heavy atom. The second-order valence-corrected chi connectivity index (χ2v) is 4.47. The van der Waals surface area contributed by atoms with E-state index in [9.17, 15) is 4.79 Å². The molecule has 0 aliphatic heterocycles. The smallest absolute Gasteiger partial charge is 0.326 e. The van der Waals surface area contributed by atoms with Crippen LogP contribution in [0.5, 0.6) is 0 Å². The Balaban J connectivity index is 2.31. The fraction of sp³-hybridized carbons (Fsp3) is 0.357. The standard InChI is InChI=1S/C14H17NO2/c1-3-17-13(16)14(2,15)12-9-8-10-6-4-5-7-11(10)12/h4-9,12H,3,15H2,1-2H3. The monoisotopic (exact) mass is 231 g/mol. The molecule has 0 saturated heterocycles.